The maximum atomic E-state index is 13.7. The van der Waals surface area contributed by atoms with E-state index in [0.29, 0.717) is 37.5 Å². The summed E-state index contributed by atoms with van der Waals surface area (Å²) in [6.45, 7) is 5.13. The number of halogens is 3. The second-order valence-electron chi connectivity index (χ2n) is 10.3. The van der Waals surface area contributed by atoms with Gasteiger partial charge >= 0.3 is 12.1 Å². The second kappa shape index (κ2) is 10.3. The van der Waals surface area contributed by atoms with Crippen molar-refractivity contribution in [1.29, 1.82) is 0 Å². The fourth-order valence-electron chi connectivity index (χ4n) is 6.77. The summed E-state index contributed by atoms with van der Waals surface area (Å²) in [6.07, 6.45) is 0.477. The van der Waals surface area contributed by atoms with Crippen LogP contribution >= 0.6 is 0 Å². The molecule has 0 aromatic heterocycles. The number of benzene rings is 1. The van der Waals surface area contributed by atoms with Gasteiger partial charge in [0.2, 0.25) is 0 Å². The van der Waals surface area contributed by atoms with Crippen molar-refractivity contribution in [2.45, 2.75) is 57.6 Å². The normalized spacial score (nSPS) is 31.4. The number of hydrogen-bond acceptors (Lipinski definition) is 6. The lowest BCUT2D eigenvalue weighted by Crippen LogP contribution is -2.38. The molecule has 1 aromatic rings. The first-order valence-corrected chi connectivity index (χ1v) is 12.8. The van der Waals surface area contributed by atoms with Crippen molar-refractivity contribution in [2.75, 3.05) is 39.5 Å². The number of ether oxygens (including phenoxy) is 4. The van der Waals surface area contributed by atoms with Gasteiger partial charge in [0.15, 0.2) is 6.29 Å². The van der Waals surface area contributed by atoms with Crippen LogP contribution in [0.3, 0.4) is 0 Å². The van der Waals surface area contributed by atoms with Crippen LogP contribution in [-0.2, 0) is 20.4 Å². The Hall–Kier alpha value is -1.84. The number of morpholine rings is 1. The molecule has 194 valence electrons. The fraction of sp³-hybridized carbons (Fsp3) is 0.731. The molecule has 3 aliphatic carbocycles. The maximum Gasteiger partial charge on any atom is 0.419 e. The molecule has 6 atom stereocenters. The highest BCUT2D eigenvalue weighted by atomic mass is 19.4. The molecule has 6 unspecified atom stereocenters. The highest BCUT2D eigenvalue weighted by molar-refractivity contribution is 5.90. The summed E-state index contributed by atoms with van der Waals surface area (Å²) in [7, 11) is 0. The number of carbonyl (C=O) groups is 1. The van der Waals surface area contributed by atoms with Gasteiger partial charge in [0.25, 0.3) is 0 Å². The van der Waals surface area contributed by atoms with Crippen LogP contribution in [0.2, 0.25) is 0 Å². The van der Waals surface area contributed by atoms with Crippen LogP contribution in [0.4, 0.5) is 13.2 Å². The van der Waals surface area contributed by atoms with E-state index in [1.807, 2.05) is 0 Å². The predicted molar refractivity (Wildman–Crippen MR) is 121 cm³/mol. The summed E-state index contributed by atoms with van der Waals surface area (Å²) in [4.78, 5) is 14.6. The summed E-state index contributed by atoms with van der Waals surface area (Å²) in [5.74, 6) is 1.56. The first kappa shape index (κ1) is 24.8. The number of alkyl halides is 3. The average Bonchev–Trinajstić information content (AvgIpc) is 3.53. The van der Waals surface area contributed by atoms with Gasteiger partial charge in [0, 0.05) is 19.6 Å². The Morgan fingerprint density at radius 1 is 1.14 bits per heavy atom. The third-order valence-electron chi connectivity index (χ3n) is 8.29. The predicted octanol–water partition coefficient (Wildman–Crippen LogP) is 4.76. The van der Waals surface area contributed by atoms with Gasteiger partial charge in [-0.15, -0.1) is 0 Å². The van der Waals surface area contributed by atoms with E-state index in [2.05, 4.69) is 4.90 Å². The van der Waals surface area contributed by atoms with Crippen LogP contribution in [0, 0.1) is 23.7 Å². The molecule has 0 radical (unpaired) electrons. The standard InChI is InChI=1S/C26H34F3NO5/c1-16(34-23-15-18-13-21(23)20-4-2-3-19(18)20)35-24-14-17(5-6-22(24)26(27,28)29)25(31)33-12-9-30-7-10-32-11-8-30/h5-6,14,16,18-21,23H,2-4,7-13,15H2,1H3. The highest BCUT2D eigenvalue weighted by Gasteiger charge is 2.54. The molecule has 1 saturated heterocycles. The Morgan fingerprint density at radius 3 is 2.69 bits per heavy atom. The summed E-state index contributed by atoms with van der Waals surface area (Å²) >= 11 is 0. The van der Waals surface area contributed by atoms with Gasteiger partial charge in [-0.25, -0.2) is 4.79 Å². The van der Waals surface area contributed by atoms with Crippen molar-refractivity contribution in [3.63, 3.8) is 0 Å². The van der Waals surface area contributed by atoms with Gasteiger partial charge in [-0.05, 0) is 74.5 Å². The molecule has 4 aliphatic rings. The van der Waals surface area contributed by atoms with Gasteiger partial charge < -0.3 is 18.9 Å². The topological polar surface area (TPSA) is 57.2 Å². The molecule has 0 amide bonds. The number of fused-ring (bicyclic) bond motifs is 5. The van der Waals surface area contributed by atoms with Gasteiger partial charge in [-0.3, -0.25) is 4.90 Å². The van der Waals surface area contributed by atoms with Crippen molar-refractivity contribution >= 4 is 5.97 Å². The molecule has 6 nitrogen and oxygen atoms in total. The monoisotopic (exact) mass is 497 g/mol. The van der Waals surface area contributed by atoms with Gasteiger partial charge in [-0.1, -0.05) is 6.42 Å². The Labute approximate surface area is 204 Å². The lowest BCUT2D eigenvalue weighted by molar-refractivity contribution is -0.150. The molecule has 0 N–H and O–H groups in total. The van der Waals surface area contributed by atoms with Gasteiger partial charge in [0.05, 0.1) is 30.4 Å². The quantitative estimate of drug-likeness (QED) is 0.381. The second-order valence-corrected chi connectivity index (χ2v) is 10.3. The van der Waals surface area contributed by atoms with E-state index in [1.165, 1.54) is 19.3 Å². The minimum absolute atomic E-state index is 0.0240. The number of nitrogens with zero attached hydrogens (tertiary/aromatic N) is 1. The first-order valence-electron chi connectivity index (χ1n) is 12.8. The minimum Gasteiger partial charge on any atom is -0.465 e. The highest BCUT2D eigenvalue weighted by Crippen LogP contribution is 2.59. The number of carbonyl (C=O) groups excluding carboxylic acids is 1. The summed E-state index contributed by atoms with van der Waals surface area (Å²) in [6, 6.07) is 3.13. The average molecular weight is 498 g/mol. The molecular weight excluding hydrogens is 463 g/mol. The summed E-state index contributed by atoms with van der Waals surface area (Å²) < 4.78 is 63.4. The van der Waals surface area contributed by atoms with E-state index >= 15 is 0 Å². The fourth-order valence-corrected chi connectivity index (χ4v) is 6.77. The third-order valence-corrected chi connectivity index (χ3v) is 8.29. The molecule has 3 saturated carbocycles. The zero-order valence-corrected chi connectivity index (χ0v) is 20.1. The SMILES string of the molecule is CC(Oc1cc(C(=O)OCCN2CCOCC2)ccc1C(F)(F)F)OC1CC2CC1C1CCCC21. The lowest BCUT2D eigenvalue weighted by Gasteiger charge is -2.33. The van der Waals surface area contributed by atoms with E-state index in [1.54, 1.807) is 6.92 Å². The summed E-state index contributed by atoms with van der Waals surface area (Å²) in [5, 5.41) is 0. The van der Waals surface area contributed by atoms with Crippen LogP contribution in [0.5, 0.6) is 5.75 Å². The smallest absolute Gasteiger partial charge is 0.419 e. The molecule has 9 heteroatoms. The van der Waals surface area contributed by atoms with Crippen molar-refractivity contribution in [1.82, 2.24) is 4.90 Å². The third kappa shape index (κ3) is 5.47. The van der Waals surface area contributed by atoms with E-state index in [9.17, 15) is 18.0 Å². The molecule has 35 heavy (non-hydrogen) atoms. The van der Waals surface area contributed by atoms with Crippen LogP contribution in [0.25, 0.3) is 0 Å². The number of rotatable bonds is 8. The largest absolute Gasteiger partial charge is 0.465 e. The molecule has 0 spiro atoms. The van der Waals surface area contributed by atoms with Crippen molar-refractivity contribution in [3.05, 3.63) is 29.3 Å². The lowest BCUT2D eigenvalue weighted by atomic mass is 9.80. The van der Waals surface area contributed by atoms with Crippen molar-refractivity contribution in [3.8, 4) is 5.75 Å². The number of esters is 1. The summed E-state index contributed by atoms with van der Waals surface area (Å²) in [5.41, 5.74) is -0.905. The Morgan fingerprint density at radius 2 is 1.91 bits per heavy atom. The van der Waals surface area contributed by atoms with Crippen molar-refractivity contribution < 1.29 is 36.9 Å². The minimum atomic E-state index is -4.61. The Kier molecular flexibility index (Phi) is 7.28. The molecule has 4 fully saturated rings. The first-order chi connectivity index (χ1) is 16.8. The molecule has 5 rings (SSSR count). The Bertz CT molecular complexity index is 903. The van der Waals surface area contributed by atoms with E-state index in [4.69, 9.17) is 18.9 Å². The number of hydrogen-bond donors (Lipinski definition) is 0. The van der Waals surface area contributed by atoms with Crippen LogP contribution in [0.1, 0.15) is 54.9 Å². The molecule has 1 aliphatic heterocycles. The maximum absolute atomic E-state index is 13.7. The van der Waals surface area contributed by atoms with Crippen LogP contribution in [0.15, 0.2) is 18.2 Å². The zero-order valence-electron chi connectivity index (χ0n) is 20.1. The Balaban J connectivity index is 1.21. The van der Waals surface area contributed by atoms with Gasteiger partial charge in [0.1, 0.15) is 12.4 Å². The molecular formula is C26H34F3NO5. The van der Waals surface area contributed by atoms with Crippen molar-refractivity contribution in [2.24, 2.45) is 23.7 Å². The van der Waals surface area contributed by atoms with Gasteiger partial charge in [-0.2, -0.15) is 13.2 Å². The zero-order chi connectivity index (χ0) is 24.6. The van der Waals surface area contributed by atoms with Crippen LogP contribution in [-0.4, -0.2) is 62.7 Å². The van der Waals surface area contributed by atoms with E-state index in [-0.39, 0.29) is 18.3 Å². The molecule has 1 heterocycles. The molecule has 1 aromatic carbocycles. The van der Waals surface area contributed by atoms with Crippen LogP contribution < -0.4 is 4.74 Å². The van der Waals surface area contributed by atoms with E-state index < -0.39 is 29.7 Å². The van der Waals surface area contributed by atoms with E-state index in [0.717, 1.165) is 50.0 Å². The molecule has 2 bridgehead atoms.